The Morgan fingerprint density at radius 2 is 1.47 bits per heavy atom. The Bertz CT molecular complexity index is 1250. The van der Waals surface area contributed by atoms with Gasteiger partial charge in [-0.3, -0.25) is 4.79 Å². The summed E-state index contributed by atoms with van der Waals surface area (Å²) < 4.78 is 15.0. The van der Waals surface area contributed by atoms with Gasteiger partial charge in [0.05, 0.1) is 11.3 Å². The topological polar surface area (TPSA) is 41.4 Å². The van der Waals surface area contributed by atoms with Crippen molar-refractivity contribution in [2.24, 2.45) is 0 Å². The molecular formula is C27H26ClFN4O. The predicted molar refractivity (Wildman–Crippen MR) is 136 cm³/mol. The number of rotatable bonds is 4. The Morgan fingerprint density at radius 1 is 0.824 bits per heavy atom. The number of carbonyl (C=O) groups is 1. The molecule has 3 aromatic carbocycles. The molecule has 5 rings (SSSR count). The zero-order valence-electron chi connectivity index (χ0n) is 18.9. The summed E-state index contributed by atoms with van der Waals surface area (Å²) in [6.07, 6.45) is 1.83. The summed E-state index contributed by atoms with van der Waals surface area (Å²) in [6, 6.07) is 24.4. The van der Waals surface area contributed by atoms with E-state index in [1.807, 2.05) is 72.6 Å². The van der Waals surface area contributed by atoms with E-state index in [1.54, 1.807) is 16.8 Å². The second-order valence-electron chi connectivity index (χ2n) is 8.29. The van der Waals surface area contributed by atoms with E-state index in [4.69, 9.17) is 5.10 Å². The van der Waals surface area contributed by atoms with Crippen LogP contribution in [0.4, 0.5) is 10.1 Å². The van der Waals surface area contributed by atoms with Crippen molar-refractivity contribution in [2.45, 2.75) is 6.92 Å². The highest BCUT2D eigenvalue weighted by molar-refractivity contribution is 6.00. The van der Waals surface area contributed by atoms with Gasteiger partial charge in [-0.15, -0.1) is 12.4 Å². The van der Waals surface area contributed by atoms with Gasteiger partial charge in [-0.05, 0) is 43.3 Å². The van der Waals surface area contributed by atoms with Crippen LogP contribution >= 0.6 is 12.4 Å². The monoisotopic (exact) mass is 476 g/mol. The first-order valence-corrected chi connectivity index (χ1v) is 11.1. The summed E-state index contributed by atoms with van der Waals surface area (Å²) in [5, 5.41) is 4.79. The lowest BCUT2D eigenvalue weighted by Crippen LogP contribution is -2.48. The Balaban J connectivity index is 0.00000274. The fraction of sp³-hybridized carbons (Fsp3) is 0.185. The van der Waals surface area contributed by atoms with Gasteiger partial charge in [-0.25, -0.2) is 9.07 Å². The van der Waals surface area contributed by atoms with E-state index in [-0.39, 0.29) is 24.1 Å². The summed E-state index contributed by atoms with van der Waals surface area (Å²) in [7, 11) is 0. The van der Waals surface area contributed by atoms with Crippen molar-refractivity contribution in [3.63, 3.8) is 0 Å². The van der Waals surface area contributed by atoms with Crippen LogP contribution in [-0.2, 0) is 0 Å². The molecule has 1 fully saturated rings. The lowest BCUT2D eigenvalue weighted by Gasteiger charge is -2.36. The minimum Gasteiger partial charge on any atom is -0.368 e. The SMILES string of the molecule is Cc1ccc(-c2nn(-c3ccccc3)cc2C(=O)N2CCN(c3ccc(F)cc3)CC2)cc1.Cl. The van der Waals surface area contributed by atoms with Crippen molar-refractivity contribution in [1.29, 1.82) is 0 Å². The molecule has 1 amide bonds. The molecule has 7 heteroatoms. The lowest BCUT2D eigenvalue weighted by molar-refractivity contribution is 0.0747. The molecule has 4 aromatic rings. The molecule has 0 spiro atoms. The minimum absolute atomic E-state index is 0. The molecule has 1 aromatic heterocycles. The number of anilines is 1. The van der Waals surface area contributed by atoms with Gasteiger partial charge < -0.3 is 9.80 Å². The van der Waals surface area contributed by atoms with Crippen molar-refractivity contribution in [2.75, 3.05) is 31.1 Å². The zero-order valence-corrected chi connectivity index (χ0v) is 19.7. The molecule has 1 aliphatic heterocycles. The molecule has 0 radical (unpaired) electrons. The third-order valence-corrected chi connectivity index (χ3v) is 6.05. The number of hydrogen-bond acceptors (Lipinski definition) is 3. The molecule has 174 valence electrons. The maximum absolute atomic E-state index is 13.6. The summed E-state index contributed by atoms with van der Waals surface area (Å²) in [5.41, 5.74) is 5.24. The Morgan fingerprint density at radius 3 is 2.12 bits per heavy atom. The number of nitrogens with zero attached hydrogens (tertiary/aromatic N) is 4. The Labute approximate surface area is 204 Å². The normalized spacial score (nSPS) is 13.5. The molecule has 1 aliphatic rings. The third kappa shape index (κ3) is 4.82. The van der Waals surface area contributed by atoms with Crippen molar-refractivity contribution in [3.8, 4) is 16.9 Å². The van der Waals surface area contributed by atoms with Crippen LogP contribution < -0.4 is 4.90 Å². The average Bonchev–Trinajstić information content (AvgIpc) is 3.31. The molecule has 0 aliphatic carbocycles. The maximum Gasteiger partial charge on any atom is 0.257 e. The highest BCUT2D eigenvalue weighted by atomic mass is 35.5. The average molecular weight is 477 g/mol. The summed E-state index contributed by atoms with van der Waals surface area (Å²) in [6.45, 7) is 4.63. The van der Waals surface area contributed by atoms with Crippen molar-refractivity contribution in [3.05, 3.63) is 102 Å². The number of carbonyl (C=O) groups excluding carboxylic acids is 1. The summed E-state index contributed by atoms with van der Waals surface area (Å²) in [4.78, 5) is 17.7. The van der Waals surface area contributed by atoms with Crippen LogP contribution in [0.1, 0.15) is 15.9 Å². The second kappa shape index (κ2) is 10.1. The molecule has 5 nitrogen and oxygen atoms in total. The van der Waals surface area contributed by atoms with Crippen LogP contribution in [0.3, 0.4) is 0 Å². The number of hydrogen-bond donors (Lipinski definition) is 0. The number of para-hydroxylation sites is 1. The van der Waals surface area contributed by atoms with E-state index >= 15 is 0 Å². The number of piperazine rings is 1. The Kier molecular flexibility index (Phi) is 6.98. The molecule has 0 atom stereocenters. The van der Waals surface area contributed by atoms with Gasteiger partial charge in [0.1, 0.15) is 11.5 Å². The summed E-state index contributed by atoms with van der Waals surface area (Å²) in [5.74, 6) is -0.266. The van der Waals surface area contributed by atoms with Gasteiger partial charge in [-0.1, -0.05) is 48.0 Å². The maximum atomic E-state index is 13.6. The molecule has 0 bridgehead atoms. The molecule has 2 heterocycles. The number of benzene rings is 3. The van der Waals surface area contributed by atoms with E-state index < -0.39 is 0 Å². The van der Waals surface area contributed by atoms with Crippen LogP contribution in [-0.4, -0.2) is 46.8 Å². The van der Waals surface area contributed by atoms with Crippen molar-refractivity contribution < 1.29 is 9.18 Å². The van der Waals surface area contributed by atoms with Gasteiger partial charge >= 0.3 is 0 Å². The minimum atomic E-state index is -0.244. The van der Waals surface area contributed by atoms with Crippen LogP contribution in [0.2, 0.25) is 0 Å². The zero-order chi connectivity index (χ0) is 22.8. The fourth-order valence-corrected chi connectivity index (χ4v) is 4.16. The van der Waals surface area contributed by atoms with E-state index in [2.05, 4.69) is 4.90 Å². The van der Waals surface area contributed by atoms with E-state index in [9.17, 15) is 9.18 Å². The molecule has 34 heavy (non-hydrogen) atoms. The van der Waals surface area contributed by atoms with Gasteiger partial charge in [0, 0.05) is 43.6 Å². The molecule has 0 unspecified atom stereocenters. The standard InChI is InChI=1S/C27H25FN4O.ClH/c1-20-7-9-21(10-8-20)26-25(19-32(29-26)24-5-3-2-4-6-24)27(33)31-17-15-30(16-18-31)23-13-11-22(28)12-14-23;/h2-14,19H,15-18H2,1H3;1H. The third-order valence-electron chi connectivity index (χ3n) is 6.05. The number of aromatic nitrogens is 2. The molecule has 0 saturated carbocycles. The van der Waals surface area contributed by atoms with E-state index in [0.717, 1.165) is 22.5 Å². The van der Waals surface area contributed by atoms with E-state index in [0.29, 0.717) is 37.4 Å². The first-order chi connectivity index (χ1) is 16.1. The number of amides is 1. The largest absolute Gasteiger partial charge is 0.368 e. The highest BCUT2D eigenvalue weighted by Gasteiger charge is 2.27. The van der Waals surface area contributed by atoms with Gasteiger partial charge in [0.2, 0.25) is 0 Å². The number of aryl methyl sites for hydroxylation is 1. The number of halogens is 2. The van der Waals surface area contributed by atoms with Crippen LogP contribution in [0, 0.1) is 12.7 Å². The molecular weight excluding hydrogens is 451 g/mol. The smallest absolute Gasteiger partial charge is 0.257 e. The van der Waals surface area contributed by atoms with Gasteiger partial charge in [0.25, 0.3) is 5.91 Å². The lowest BCUT2D eigenvalue weighted by atomic mass is 10.1. The van der Waals surface area contributed by atoms with Crippen molar-refractivity contribution in [1.82, 2.24) is 14.7 Å². The van der Waals surface area contributed by atoms with Crippen LogP contribution in [0.15, 0.2) is 85.1 Å². The molecule has 0 N–H and O–H groups in total. The molecule has 1 saturated heterocycles. The van der Waals surface area contributed by atoms with Crippen LogP contribution in [0.25, 0.3) is 16.9 Å². The Hall–Kier alpha value is -3.64. The van der Waals surface area contributed by atoms with Gasteiger partial charge in [0.15, 0.2) is 0 Å². The van der Waals surface area contributed by atoms with Crippen LogP contribution in [0.5, 0.6) is 0 Å². The predicted octanol–water partition coefficient (Wildman–Crippen LogP) is 5.37. The first-order valence-electron chi connectivity index (χ1n) is 11.1. The fourth-order valence-electron chi connectivity index (χ4n) is 4.16. The quantitative estimate of drug-likeness (QED) is 0.397. The van der Waals surface area contributed by atoms with E-state index in [1.165, 1.54) is 12.1 Å². The second-order valence-corrected chi connectivity index (χ2v) is 8.29. The summed E-state index contributed by atoms with van der Waals surface area (Å²) >= 11 is 0. The van der Waals surface area contributed by atoms with Crippen molar-refractivity contribution >= 4 is 24.0 Å². The van der Waals surface area contributed by atoms with Gasteiger partial charge in [-0.2, -0.15) is 5.10 Å². The highest BCUT2D eigenvalue weighted by Crippen LogP contribution is 2.26. The first kappa shape index (κ1) is 23.5.